The minimum absolute atomic E-state index is 0.866. The largest absolute Gasteiger partial charge is 0.455 e. The first-order chi connectivity index (χ1) is 32.5. The molecule has 0 aliphatic rings. The first kappa shape index (κ1) is 42.1. The van der Waals surface area contributed by atoms with Gasteiger partial charge in [-0.05, 0) is 118 Å². The maximum Gasteiger partial charge on any atom is 0.143 e. The third-order valence-electron chi connectivity index (χ3n) is 13.2. The lowest BCUT2D eigenvalue weighted by atomic mass is 9.93. The van der Waals surface area contributed by atoms with Gasteiger partial charge in [-0.15, -0.1) is 0 Å². The van der Waals surface area contributed by atoms with Crippen LogP contribution in [0.1, 0.15) is 0 Å². The molecule has 4 nitrogen and oxygen atoms in total. The molecule has 0 spiro atoms. The Balaban J connectivity index is 1.18. The zero-order valence-corrected chi connectivity index (χ0v) is 41.0. The number of nitrogens with zero attached hydrogens (tertiary/aromatic N) is 3. The van der Waals surface area contributed by atoms with Gasteiger partial charge in [0, 0.05) is 68.2 Å². The van der Waals surface area contributed by atoms with E-state index in [-0.39, 0.29) is 0 Å². The average Bonchev–Trinajstić information content (AvgIpc) is 3.73. The van der Waals surface area contributed by atoms with Gasteiger partial charge in [-0.2, -0.15) is 0 Å². The Hall–Kier alpha value is -7.52. The second-order valence-corrected chi connectivity index (χ2v) is 29.9. The highest BCUT2D eigenvalue weighted by atomic mass is 28.3. The van der Waals surface area contributed by atoms with E-state index < -0.39 is 16.1 Å². The first-order valence-electron chi connectivity index (χ1n) is 23.3. The highest BCUT2D eigenvalue weighted by molar-refractivity contribution is 6.89. The summed E-state index contributed by atoms with van der Waals surface area (Å²) >= 11 is 0. The van der Waals surface area contributed by atoms with Crippen LogP contribution in [0.25, 0.3) is 65.7 Å². The van der Waals surface area contributed by atoms with E-state index in [9.17, 15) is 0 Å². The van der Waals surface area contributed by atoms with Gasteiger partial charge >= 0.3 is 0 Å². The summed E-state index contributed by atoms with van der Waals surface area (Å²) in [5, 5.41) is 9.71. The van der Waals surface area contributed by atoms with Gasteiger partial charge in [-0.1, -0.05) is 165 Å². The predicted molar refractivity (Wildman–Crippen MR) is 293 cm³/mol. The number of hydrogen-bond donors (Lipinski definition) is 0. The van der Waals surface area contributed by atoms with Crippen molar-refractivity contribution in [3.05, 3.63) is 213 Å². The van der Waals surface area contributed by atoms with Crippen molar-refractivity contribution in [1.82, 2.24) is 4.98 Å². The molecule has 0 N–H and O–H groups in total. The summed E-state index contributed by atoms with van der Waals surface area (Å²) in [5.41, 5.74) is 12.6. The molecule has 6 heteroatoms. The van der Waals surface area contributed by atoms with E-state index >= 15 is 0 Å². The molecular formula is C61H53N3OSi2. The van der Waals surface area contributed by atoms with Gasteiger partial charge < -0.3 is 14.2 Å². The fourth-order valence-electron chi connectivity index (χ4n) is 9.66. The Labute approximate surface area is 395 Å². The summed E-state index contributed by atoms with van der Waals surface area (Å²) in [6.07, 6.45) is 3.79. The molecule has 2 aromatic heterocycles. The molecule has 0 radical (unpaired) electrons. The topological polar surface area (TPSA) is 32.5 Å². The van der Waals surface area contributed by atoms with Gasteiger partial charge in [0.2, 0.25) is 0 Å². The molecule has 0 atom stereocenters. The van der Waals surface area contributed by atoms with Crippen LogP contribution in [0, 0.1) is 0 Å². The van der Waals surface area contributed by atoms with Crippen LogP contribution in [-0.4, -0.2) is 21.1 Å². The first-order valence-corrected chi connectivity index (χ1v) is 30.3. The zero-order valence-electron chi connectivity index (χ0n) is 39.0. The van der Waals surface area contributed by atoms with Gasteiger partial charge in [0.15, 0.2) is 0 Å². The van der Waals surface area contributed by atoms with Crippen LogP contribution in [0.4, 0.5) is 34.1 Å². The summed E-state index contributed by atoms with van der Waals surface area (Å²) in [5.74, 6) is 0. The molecule has 0 bridgehead atoms. The SMILES string of the molecule is C[Si](C)(C)c1ccc(N(c2ccccc2)c2cc(-c3cccc4c3oc3cc(-c5ccc6cnccc6c5)c5ccccc5c34)cc(N(c3ccccc3)c3cccc([Si](C)(C)C)c3)c2)cc1. The smallest absolute Gasteiger partial charge is 0.143 e. The molecule has 0 saturated heterocycles. The van der Waals surface area contributed by atoms with Crippen molar-refractivity contribution in [2.45, 2.75) is 39.3 Å². The van der Waals surface area contributed by atoms with E-state index in [1.54, 1.807) is 0 Å². The average molecular weight is 900 g/mol. The molecule has 0 saturated carbocycles. The third-order valence-corrected chi connectivity index (χ3v) is 17.3. The van der Waals surface area contributed by atoms with Gasteiger partial charge in [0.25, 0.3) is 0 Å². The highest BCUT2D eigenvalue weighted by Crippen LogP contribution is 2.47. The van der Waals surface area contributed by atoms with Crippen molar-refractivity contribution in [3.8, 4) is 22.3 Å². The minimum atomic E-state index is -1.66. The van der Waals surface area contributed by atoms with Gasteiger partial charge in [-0.3, -0.25) is 4.98 Å². The Morgan fingerprint density at radius 1 is 0.388 bits per heavy atom. The molecule has 326 valence electrons. The Morgan fingerprint density at radius 2 is 0.985 bits per heavy atom. The summed E-state index contributed by atoms with van der Waals surface area (Å²) < 4.78 is 7.20. The monoisotopic (exact) mass is 899 g/mol. The number of fused-ring (bicyclic) bond motifs is 6. The molecule has 2 heterocycles. The Kier molecular flexibility index (Phi) is 10.5. The second-order valence-electron chi connectivity index (χ2n) is 19.7. The summed E-state index contributed by atoms with van der Waals surface area (Å²) in [6, 6.07) is 73.4. The number of benzene rings is 9. The van der Waals surface area contributed by atoms with Gasteiger partial charge in [-0.25, -0.2) is 0 Å². The van der Waals surface area contributed by atoms with E-state index in [4.69, 9.17) is 4.42 Å². The molecule has 11 rings (SSSR count). The van der Waals surface area contributed by atoms with E-state index in [0.717, 1.165) is 89.1 Å². The van der Waals surface area contributed by atoms with Gasteiger partial charge in [0.1, 0.15) is 11.2 Å². The second kappa shape index (κ2) is 16.7. The van der Waals surface area contributed by atoms with Gasteiger partial charge in [0.05, 0.1) is 16.1 Å². The van der Waals surface area contributed by atoms with E-state index in [1.807, 2.05) is 12.4 Å². The summed E-state index contributed by atoms with van der Waals surface area (Å²) in [4.78, 5) is 9.19. The van der Waals surface area contributed by atoms with Crippen LogP contribution in [0.2, 0.25) is 39.3 Å². The number of anilines is 6. The standard InChI is InChI=1S/C61H53N3OSi2/c1-66(2,3)52-31-29-48(30-32-52)63(46-17-9-7-10-18-46)50-36-45(37-51(38-50)64(47-19-11-8-12-20-47)49-21-15-22-53(39-49)67(4,5)6)54-25-16-26-57-60-56-24-14-13-23-55(56)58(40-59(60)65-61(54)57)43-27-28-44-41-62-34-33-42(44)35-43/h7-41H,1-6H3. The van der Waals surface area contributed by atoms with Crippen molar-refractivity contribution >= 4 is 104 Å². The molecule has 0 amide bonds. The Morgan fingerprint density at radius 3 is 1.67 bits per heavy atom. The normalized spacial score (nSPS) is 12.0. The van der Waals surface area contributed by atoms with Crippen LogP contribution in [0.15, 0.2) is 217 Å². The van der Waals surface area contributed by atoms with E-state index in [2.05, 4.69) is 254 Å². The zero-order chi connectivity index (χ0) is 45.9. The van der Waals surface area contributed by atoms with Crippen LogP contribution >= 0.6 is 0 Å². The number of furan rings is 1. The van der Waals surface area contributed by atoms with Crippen molar-refractivity contribution < 1.29 is 4.42 Å². The quantitative estimate of drug-likeness (QED) is 0.128. The fraction of sp³-hybridized carbons (Fsp3) is 0.0984. The molecule has 0 fully saturated rings. The lowest BCUT2D eigenvalue weighted by Gasteiger charge is -2.31. The molecule has 9 aromatic carbocycles. The van der Waals surface area contributed by atoms with Crippen molar-refractivity contribution in [2.24, 2.45) is 0 Å². The predicted octanol–water partition coefficient (Wildman–Crippen LogP) is 16.7. The highest BCUT2D eigenvalue weighted by Gasteiger charge is 2.25. The maximum atomic E-state index is 7.20. The van der Waals surface area contributed by atoms with Crippen molar-refractivity contribution in [2.75, 3.05) is 9.80 Å². The minimum Gasteiger partial charge on any atom is -0.455 e. The number of hydrogen-bond acceptors (Lipinski definition) is 4. The molecule has 0 unspecified atom stereocenters. The van der Waals surface area contributed by atoms with E-state index in [0.29, 0.717) is 0 Å². The molecule has 67 heavy (non-hydrogen) atoms. The van der Waals surface area contributed by atoms with E-state index in [1.165, 1.54) is 21.1 Å². The number of para-hydroxylation sites is 3. The van der Waals surface area contributed by atoms with Crippen LogP contribution < -0.4 is 20.2 Å². The number of aromatic nitrogens is 1. The van der Waals surface area contributed by atoms with Crippen molar-refractivity contribution in [3.63, 3.8) is 0 Å². The van der Waals surface area contributed by atoms with Crippen molar-refractivity contribution in [1.29, 1.82) is 0 Å². The van der Waals surface area contributed by atoms with Crippen LogP contribution in [0.3, 0.4) is 0 Å². The number of pyridine rings is 1. The third kappa shape index (κ3) is 7.92. The molecule has 0 aliphatic carbocycles. The fourth-order valence-corrected chi connectivity index (χ4v) is 12.0. The molecule has 0 aliphatic heterocycles. The van der Waals surface area contributed by atoms with Crippen LogP contribution in [0.5, 0.6) is 0 Å². The summed E-state index contributed by atoms with van der Waals surface area (Å²) in [6.45, 7) is 14.5. The number of rotatable bonds is 10. The maximum absolute atomic E-state index is 7.20. The molecule has 11 aromatic rings. The van der Waals surface area contributed by atoms with Crippen LogP contribution in [-0.2, 0) is 0 Å². The lowest BCUT2D eigenvalue weighted by molar-refractivity contribution is 0.670. The molecular weight excluding hydrogens is 847 g/mol. The Bertz CT molecular complexity index is 3610. The lowest BCUT2D eigenvalue weighted by Crippen LogP contribution is -2.37. The summed E-state index contributed by atoms with van der Waals surface area (Å²) in [7, 11) is -3.21.